The molecular weight excluding hydrogens is 290 g/mol. The summed E-state index contributed by atoms with van der Waals surface area (Å²) in [5, 5.41) is 2.86. The molecule has 0 saturated heterocycles. The lowest BCUT2D eigenvalue weighted by Gasteiger charge is -2.14. The van der Waals surface area contributed by atoms with Gasteiger partial charge < -0.3 is 14.8 Å². The Kier molecular flexibility index (Phi) is 5.63. The minimum Gasteiger partial charge on any atom is -0.497 e. The fourth-order valence-corrected chi connectivity index (χ4v) is 2.28. The highest BCUT2D eigenvalue weighted by atomic mass is 16.5. The van der Waals surface area contributed by atoms with Crippen LogP contribution in [-0.4, -0.2) is 19.6 Å². The molecule has 1 amide bonds. The highest BCUT2D eigenvalue weighted by molar-refractivity contribution is 5.77. The summed E-state index contributed by atoms with van der Waals surface area (Å²) in [6.45, 7) is 6.51. The average Bonchev–Trinajstić information content (AvgIpc) is 2.57. The summed E-state index contributed by atoms with van der Waals surface area (Å²) >= 11 is 0. The molecule has 122 valence electrons. The van der Waals surface area contributed by atoms with E-state index in [0.29, 0.717) is 6.54 Å². The molecule has 0 aliphatic rings. The van der Waals surface area contributed by atoms with Gasteiger partial charge in [0.15, 0.2) is 6.61 Å². The van der Waals surface area contributed by atoms with Crippen LogP contribution in [0, 0.1) is 20.8 Å². The number of hydrogen-bond acceptors (Lipinski definition) is 3. The Morgan fingerprint density at radius 3 is 2.30 bits per heavy atom. The first-order valence-corrected chi connectivity index (χ1v) is 7.60. The van der Waals surface area contributed by atoms with Gasteiger partial charge in [-0.05, 0) is 55.2 Å². The van der Waals surface area contributed by atoms with Crippen molar-refractivity contribution in [3.63, 3.8) is 0 Å². The first-order chi connectivity index (χ1) is 11.0. The molecule has 0 aromatic heterocycles. The highest BCUT2D eigenvalue weighted by Gasteiger charge is 2.09. The second kappa shape index (κ2) is 7.68. The summed E-state index contributed by atoms with van der Waals surface area (Å²) in [6, 6.07) is 11.7. The van der Waals surface area contributed by atoms with Gasteiger partial charge in [0.25, 0.3) is 5.91 Å². The van der Waals surface area contributed by atoms with Crippen molar-refractivity contribution in [1.82, 2.24) is 5.32 Å². The molecule has 0 radical (unpaired) electrons. The zero-order valence-electron chi connectivity index (χ0n) is 14.1. The van der Waals surface area contributed by atoms with Gasteiger partial charge in [-0.2, -0.15) is 0 Å². The zero-order chi connectivity index (χ0) is 16.8. The van der Waals surface area contributed by atoms with Crippen molar-refractivity contribution in [2.24, 2.45) is 0 Å². The minimum absolute atomic E-state index is 0.0152. The van der Waals surface area contributed by atoms with Gasteiger partial charge in [-0.15, -0.1) is 0 Å². The van der Waals surface area contributed by atoms with Crippen molar-refractivity contribution in [2.75, 3.05) is 13.7 Å². The van der Waals surface area contributed by atoms with Crippen LogP contribution in [0.25, 0.3) is 0 Å². The lowest BCUT2D eigenvalue weighted by molar-refractivity contribution is -0.123. The second-order valence-electron chi connectivity index (χ2n) is 5.57. The summed E-state index contributed by atoms with van der Waals surface area (Å²) in [6.07, 6.45) is 0. The fourth-order valence-electron chi connectivity index (χ4n) is 2.28. The van der Waals surface area contributed by atoms with Gasteiger partial charge in [0.05, 0.1) is 7.11 Å². The van der Waals surface area contributed by atoms with Gasteiger partial charge in [0, 0.05) is 6.54 Å². The number of hydrogen-bond donors (Lipinski definition) is 1. The third kappa shape index (κ3) is 4.49. The molecule has 0 aliphatic carbocycles. The summed E-state index contributed by atoms with van der Waals surface area (Å²) in [5.74, 6) is 1.46. The topological polar surface area (TPSA) is 47.6 Å². The molecule has 0 bridgehead atoms. The lowest BCUT2D eigenvalue weighted by Crippen LogP contribution is -2.28. The third-order valence-electron chi connectivity index (χ3n) is 3.87. The van der Waals surface area contributed by atoms with Gasteiger partial charge in [-0.25, -0.2) is 0 Å². The maximum Gasteiger partial charge on any atom is 0.258 e. The Hall–Kier alpha value is -2.49. The molecule has 2 rings (SSSR count). The minimum atomic E-state index is -0.138. The Bertz CT molecular complexity index is 678. The normalized spacial score (nSPS) is 10.3. The lowest BCUT2D eigenvalue weighted by atomic mass is 10.1. The van der Waals surface area contributed by atoms with E-state index in [1.165, 1.54) is 0 Å². The van der Waals surface area contributed by atoms with Crippen LogP contribution >= 0.6 is 0 Å². The summed E-state index contributed by atoms with van der Waals surface area (Å²) < 4.78 is 10.8. The van der Waals surface area contributed by atoms with Gasteiger partial charge in [-0.3, -0.25) is 4.79 Å². The van der Waals surface area contributed by atoms with Crippen molar-refractivity contribution in [3.8, 4) is 11.5 Å². The summed E-state index contributed by atoms with van der Waals surface area (Å²) in [7, 11) is 1.63. The number of aryl methyl sites for hydroxylation is 2. The molecule has 0 aliphatic heterocycles. The van der Waals surface area contributed by atoms with Gasteiger partial charge in [-0.1, -0.05) is 24.3 Å². The van der Waals surface area contributed by atoms with E-state index >= 15 is 0 Å². The molecule has 2 aromatic rings. The van der Waals surface area contributed by atoms with Crippen LogP contribution in [0.3, 0.4) is 0 Å². The van der Waals surface area contributed by atoms with E-state index < -0.39 is 0 Å². The first-order valence-electron chi connectivity index (χ1n) is 7.60. The molecule has 0 heterocycles. The molecule has 0 spiro atoms. The number of ether oxygens (including phenoxy) is 2. The van der Waals surface area contributed by atoms with Crippen LogP contribution in [-0.2, 0) is 11.3 Å². The van der Waals surface area contributed by atoms with E-state index in [1.807, 2.05) is 51.1 Å². The molecule has 1 N–H and O–H groups in total. The SMILES string of the molecule is COc1ccc(CNC(=O)COc2c(C)ccc(C)c2C)cc1. The van der Waals surface area contributed by atoms with E-state index in [1.54, 1.807) is 7.11 Å². The quantitative estimate of drug-likeness (QED) is 0.890. The predicted molar refractivity (Wildman–Crippen MR) is 91.0 cm³/mol. The van der Waals surface area contributed by atoms with E-state index in [9.17, 15) is 4.79 Å². The number of amides is 1. The predicted octanol–water partition coefficient (Wildman–Crippen LogP) is 3.32. The molecule has 4 heteroatoms. The van der Waals surface area contributed by atoms with Crippen molar-refractivity contribution in [2.45, 2.75) is 27.3 Å². The largest absolute Gasteiger partial charge is 0.497 e. The van der Waals surface area contributed by atoms with Crippen LogP contribution in [0.15, 0.2) is 36.4 Å². The van der Waals surface area contributed by atoms with E-state index in [-0.39, 0.29) is 12.5 Å². The summed E-state index contributed by atoms with van der Waals surface area (Å²) in [5.41, 5.74) is 4.29. The maximum atomic E-state index is 12.0. The second-order valence-corrected chi connectivity index (χ2v) is 5.57. The molecule has 0 atom stereocenters. The van der Waals surface area contributed by atoms with Crippen LogP contribution in [0.5, 0.6) is 11.5 Å². The number of carbonyl (C=O) groups excluding carboxylic acids is 1. The number of nitrogens with one attached hydrogen (secondary N) is 1. The van der Waals surface area contributed by atoms with Crippen LogP contribution in [0.4, 0.5) is 0 Å². The van der Waals surface area contributed by atoms with Crippen LogP contribution in [0.1, 0.15) is 22.3 Å². The molecule has 23 heavy (non-hydrogen) atoms. The molecule has 0 unspecified atom stereocenters. The highest BCUT2D eigenvalue weighted by Crippen LogP contribution is 2.25. The molecular formula is C19H23NO3. The third-order valence-corrected chi connectivity index (χ3v) is 3.87. The molecule has 0 fully saturated rings. The Balaban J connectivity index is 1.87. The fraction of sp³-hybridized carbons (Fsp3) is 0.316. The molecule has 0 saturated carbocycles. The Labute approximate surface area is 137 Å². The van der Waals surface area contributed by atoms with Crippen molar-refractivity contribution < 1.29 is 14.3 Å². The van der Waals surface area contributed by atoms with Crippen molar-refractivity contribution in [1.29, 1.82) is 0 Å². The van der Waals surface area contributed by atoms with E-state index in [2.05, 4.69) is 11.4 Å². The Morgan fingerprint density at radius 1 is 1.00 bits per heavy atom. The van der Waals surface area contributed by atoms with Crippen LogP contribution < -0.4 is 14.8 Å². The number of benzene rings is 2. The van der Waals surface area contributed by atoms with E-state index in [0.717, 1.165) is 33.8 Å². The number of carbonyl (C=O) groups is 1. The van der Waals surface area contributed by atoms with E-state index in [4.69, 9.17) is 9.47 Å². The Morgan fingerprint density at radius 2 is 1.65 bits per heavy atom. The number of methoxy groups -OCH3 is 1. The average molecular weight is 313 g/mol. The molecule has 2 aromatic carbocycles. The molecule has 4 nitrogen and oxygen atoms in total. The standard InChI is InChI=1S/C19H23NO3/c1-13-5-6-14(2)19(15(13)3)23-12-18(21)20-11-16-7-9-17(22-4)10-8-16/h5-10H,11-12H2,1-4H3,(H,20,21). The van der Waals surface area contributed by atoms with Crippen molar-refractivity contribution in [3.05, 3.63) is 58.7 Å². The summed E-state index contributed by atoms with van der Waals surface area (Å²) in [4.78, 5) is 12.0. The first kappa shape index (κ1) is 16.9. The monoisotopic (exact) mass is 313 g/mol. The van der Waals surface area contributed by atoms with Crippen molar-refractivity contribution >= 4 is 5.91 Å². The number of rotatable bonds is 6. The zero-order valence-corrected chi connectivity index (χ0v) is 14.1. The van der Waals surface area contributed by atoms with Gasteiger partial charge in [0.1, 0.15) is 11.5 Å². The van der Waals surface area contributed by atoms with Gasteiger partial charge in [0.2, 0.25) is 0 Å². The maximum absolute atomic E-state index is 12.0. The smallest absolute Gasteiger partial charge is 0.258 e. The van der Waals surface area contributed by atoms with Crippen LogP contribution in [0.2, 0.25) is 0 Å². The van der Waals surface area contributed by atoms with Gasteiger partial charge >= 0.3 is 0 Å².